The Morgan fingerprint density at radius 1 is 1.00 bits per heavy atom. The average Bonchev–Trinajstić information content (AvgIpc) is 2.75. The molecule has 2 nitrogen and oxygen atoms in total. The summed E-state index contributed by atoms with van der Waals surface area (Å²) in [6.07, 6.45) is 9.01. The molecule has 0 N–H and O–H groups in total. The van der Waals surface area contributed by atoms with Crippen LogP contribution in [0.3, 0.4) is 0 Å². The summed E-state index contributed by atoms with van der Waals surface area (Å²) in [4.78, 5) is 0. The minimum absolute atomic E-state index is 0.0450. The molecule has 1 aromatic rings. The summed E-state index contributed by atoms with van der Waals surface area (Å²) >= 11 is 13.0. The largest absolute Gasteiger partial charge is 0.486 e. The van der Waals surface area contributed by atoms with Crippen LogP contribution in [0.5, 0.6) is 11.5 Å². The van der Waals surface area contributed by atoms with Gasteiger partial charge >= 0.3 is 0 Å². The van der Waals surface area contributed by atoms with E-state index in [2.05, 4.69) is 0 Å². The molecule has 1 unspecified atom stereocenters. The van der Waals surface area contributed by atoms with Crippen LogP contribution in [0.15, 0.2) is 12.1 Å². The van der Waals surface area contributed by atoms with Crippen LogP contribution in [-0.4, -0.2) is 13.2 Å². The van der Waals surface area contributed by atoms with Gasteiger partial charge in [0.05, 0.1) is 5.38 Å². The molecular weight excluding hydrogens is 307 g/mol. The van der Waals surface area contributed by atoms with Crippen molar-refractivity contribution in [1.29, 1.82) is 0 Å². The molecule has 2 aliphatic rings. The van der Waals surface area contributed by atoms with Gasteiger partial charge in [-0.25, -0.2) is 0 Å². The van der Waals surface area contributed by atoms with Crippen molar-refractivity contribution in [3.63, 3.8) is 0 Å². The molecule has 1 heterocycles. The van der Waals surface area contributed by atoms with Gasteiger partial charge in [-0.3, -0.25) is 0 Å². The number of alkyl halides is 1. The highest BCUT2D eigenvalue weighted by molar-refractivity contribution is 6.33. The van der Waals surface area contributed by atoms with Crippen LogP contribution >= 0.6 is 23.2 Å². The molecule has 0 bridgehead atoms. The van der Waals surface area contributed by atoms with Crippen LogP contribution in [0, 0.1) is 5.92 Å². The molecule has 1 aliphatic carbocycles. The minimum atomic E-state index is -0.0450. The van der Waals surface area contributed by atoms with Crippen molar-refractivity contribution in [3.8, 4) is 11.5 Å². The van der Waals surface area contributed by atoms with Gasteiger partial charge in [-0.05, 0) is 24.0 Å². The number of ether oxygens (including phenoxy) is 2. The second-order valence-corrected chi connectivity index (χ2v) is 7.01. The van der Waals surface area contributed by atoms with Crippen molar-refractivity contribution in [2.45, 2.75) is 50.3 Å². The van der Waals surface area contributed by atoms with Crippen molar-refractivity contribution < 1.29 is 9.47 Å². The number of fused-ring (bicyclic) bond motifs is 1. The summed E-state index contributed by atoms with van der Waals surface area (Å²) in [7, 11) is 0. The SMILES string of the molecule is Clc1cc2c(cc1C(Cl)CC1CCCCCC1)OCCO2. The molecule has 0 saturated heterocycles. The Bertz CT molecular complexity index is 482. The molecule has 0 spiro atoms. The number of hydrogen-bond donors (Lipinski definition) is 0. The molecule has 1 saturated carbocycles. The fourth-order valence-electron chi connectivity index (χ4n) is 3.34. The van der Waals surface area contributed by atoms with Crippen molar-refractivity contribution in [3.05, 3.63) is 22.7 Å². The summed E-state index contributed by atoms with van der Waals surface area (Å²) in [5.74, 6) is 2.22. The molecular formula is C17H22Cl2O2. The predicted molar refractivity (Wildman–Crippen MR) is 86.8 cm³/mol. The van der Waals surface area contributed by atoms with E-state index in [1.807, 2.05) is 12.1 Å². The van der Waals surface area contributed by atoms with Crippen molar-refractivity contribution in [1.82, 2.24) is 0 Å². The normalized spacial score (nSPS) is 20.9. The highest BCUT2D eigenvalue weighted by Gasteiger charge is 2.22. The zero-order valence-corrected chi connectivity index (χ0v) is 13.8. The third kappa shape index (κ3) is 3.78. The van der Waals surface area contributed by atoms with Gasteiger partial charge in [0.1, 0.15) is 13.2 Å². The van der Waals surface area contributed by atoms with E-state index >= 15 is 0 Å². The predicted octanol–water partition coefficient (Wildman–Crippen LogP) is 5.75. The first kappa shape index (κ1) is 15.3. The number of benzene rings is 1. The van der Waals surface area contributed by atoms with E-state index in [1.165, 1.54) is 38.5 Å². The maximum Gasteiger partial charge on any atom is 0.162 e. The standard InChI is InChI=1S/C17H22Cl2O2/c18-14(9-12-5-3-1-2-4-6-12)13-10-16-17(11-15(13)19)21-8-7-20-16/h10-12,14H,1-9H2. The van der Waals surface area contributed by atoms with Crippen LogP contribution in [0.25, 0.3) is 0 Å². The van der Waals surface area contributed by atoms with E-state index in [-0.39, 0.29) is 5.38 Å². The zero-order chi connectivity index (χ0) is 14.7. The van der Waals surface area contributed by atoms with E-state index in [4.69, 9.17) is 32.7 Å². The van der Waals surface area contributed by atoms with Crippen molar-refractivity contribution in [2.75, 3.05) is 13.2 Å². The quantitative estimate of drug-likeness (QED) is 0.519. The van der Waals surface area contributed by atoms with Gasteiger partial charge in [0, 0.05) is 11.1 Å². The summed E-state index contributed by atoms with van der Waals surface area (Å²) in [6, 6.07) is 3.80. The van der Waals surface area contributed by atoms with Gasteiger partial charge in [-0.15, -0.1) is 11.6 Å². The molecule has 1 atom stereocenters. The first-order valence-corrected chi connectivity index (χ1v) is 8.78. The Morgan fingerprint density at radius 2 is 1.62 bits per heavy atom. The van der Waals surface area contributed by atoms with Gasteiger partial charge in [0.15, 0.2) is 11.5 Å². The number of hydrogen-bond acceptors (Lipinski definition) is 2. The topological polar surface area (TPSA) is 18.5 Å². The first-order chi connectivity index (χ1) is 10.2. The van der Waals surface area contributed by atoms with Crippen LogP contribution in [-0.2, 0) is 0 Å². The second kappa shape index (κ2) is 7.11. The second-order valence-electron chi connectivity index (χ2n) is 6.08. The molecule has 0 aromatic heterocycles. The summed E-state index contributed by atoms with van der Waals surface area (Å²) in [5, 5.41) is 0.643. The van der Waals surface area contributed by atoms with Crippen LogP contribution < -0.4 is 9.47 Å². The lowest BCUT2D eigenvalue weighted by molar-refractivity contribution is 0.171. The Kier molecular flexibility index (Phi) is 5.18. The van der Waals surface area contributed by atoms with Gasteiger partial charge in [-0.1, -0.05) is 50.1 Å². The highest BCUT2D eigenvalue weighted by Crippen LogP contribution is 2.42. The highest BCUT2D eigenvalue weighted by atomic mass is 35.5. The van der Waals surface area contributed by atoms with E-state index in [0.717, 1.165) is 29.4 Å². The maximum absolute atomic E-state index is 6.66. The third-order valence-electron chi connectivity index (χ3n) is 4.51. The maximum atomic E-state index is 6.66. The average molecular weight is 329 g/mol. The summed E-state index contributed by atoms with van der Waals surface area (Å²) < 4.78 is 11.2. The molecule has 1 fully saturated rings. The van der Waals surface area contributed by atoms with Crippen molar-refractivity contribution >= 4 is 23.2 Å². The number of rotatable bonds is 3. The van der Waals surface area contributed by atoms with E-state index in [1.54, 1.807) is 0 Å². The molecule has 0 radical (unpaired) electrons. The van der Waals surface area contributed by atoms with E-state index in [9.17, 15) is 0 Å². The summed E-state index contributed by atoms with van der Waals surface area (Å²) in [5.41, 5.74) is 0.979. The van der Waals surface area contributed by atoms with Crippen LogP contribution in [0.4, 0.5) is 0 Å². The van der Waals surface area contributed by atoms with Crippen LogP contribution in [0.2, 0.25) is 5.02 Å². The Labute approximate surface area is 136 Å². The van der Waals surface area contributed by atoms with Gasteiger partial charge < -0.3 is 9.47 Å². The number of halogens is 2. The fraction of sp³-hybridized carbons (Fsp3) is 0.647. The van der Waals surface area contributed by atoms with E-state index in [0.29, 0.717) is 18.2 Å². The van der Waals surface area contributed by atoms with Gasteiger partial charge in [0.2, 0.25) is 0 Å². The Morgan fingerprint density at radius 3 is 2.29 bits per heavy atom. The molecule has 1 aliphatic heterocycles. The van der Waals surface area contributed by atoms with Gasteiger partial charge in [0.25, 0.3) is 0 Å². The fourth-order valence-corrected chi connectivity index (χ4v) is 4.11. The third-order valence-corrected chi connectivity index (χ3v) is 5.25. The lowest BCUT2D eigenvalue weighted by atomic mass is 9.92. The minimum Gasteiger partial charge on any atom is -0.486 e. The molecule has 21 heavy (non-hydrogen) atoms. The molecule has 1 aromatic carbocycles. The molecule has 3 rings (SSSR count). The zero-order valence-electron chi connectivity index (χ0n) is 12.2. The molecule has 4 heteroatoms. The molecule has 116 valence electrons. The van der Waals surface area contributed by atoms with Gasteiger partial charge in [-0.2, -0.15) is 0 Å². The Hall–Kier alpha value is -0.600. The van der Waals surface area contributed by atoms with Crippen LogP contribution in [0.1, 0.15) is 55.9 Å². The smallest absolute Gasteiger partial charge is 0.162 e. The Balaban J connectivity index is 1.72. The van der Waals surface area contributed by atoms with Crippen molar-refractivity contribution in [2.24, 2.45) is 5.92 Å². The first-order valence-electron chi connectivity index (χ1n) is 7.97. The lowest BCUT2D eigenvalue weighted by Gasteiger charge is -2.23. The lowest BCUT2D eigenvalue weighted by Crippen LogP contribution is -2.15. The van der Waals surface area contributed by atoms with E-state index < -0.39 is 0 Å². The molecule has 0 amide bonds. The summed E-state index contributed by atoms with van der Waals surface area (Å²) in [6.45, 7) is 1.17. The monoisotopic (exact) mass is 328 g/mol.